The van der Waals surface area contributed by atoms with Gasteiger partial charge in [-0.25, -0.2) is 0 Å². The van der Waals surface area contributed by atoms with Crippen LogP contribution >= 0.6 is 0 Å². The lowest BCUT2D eigenvalue weighted by molar-refractivity contribution is 0.590. The van der Waals surface area contributed by atoms with Gasteiger partial charge in [0.05, 0.1) is 5.41 Å². The smallest absolute Gasteiger partial charge is 0.0620 e. The first kappa shape index (κ1) is 67.7. The zero-order valence-electron chi connectivity index (χ0n) is 63.4. The van der Waals surface area contributed by atoms with Crippen LogP contribution in [0.5, 0.6) is 0 Å². The molecule has 0 radical (unpaired) electrons. The van der Waals surface area contributed by atoms with Gasteiger partial charge in [-0.1, -0.05) is 374 Å². The van der Waals surface area contributed by atoms with Crippen LogP contribution in [-0.2, 0) is 33.5 Å². The van der Waals surface area contributed by atoms with Crippen LogP contribution in [0.25, 0.3) is 132 Å². The van der Waals surface area contributed by atoms with E-state index in [0.717, 1.165) is 6.42 Å². The van der Waals surface area contributed by atoms with Crippen molar-refractivity contribution in [2.75, 3.05) is 0 Å². The molecule has 0 aliphatic heterocycles. The van der Waals surface area contributed by atoms with Gasteiger partial charge in [-0.05, 0) is 252 Å². The molecule has 0 amide bonds. The quantitative estimate of drug-likeness (QED) is 0.120. The van der Waals surface area contributed by atoms with Gasteiger partial charge in [0.2, 0.25) is 0 Å². The van der Waals surface area contributed by atoms with E-state index in [1.165, 1.54) is 188 Å². The number of rotatable bonds is 10. The van der Waals surface area contributed by atoms with Gasteiger partial charge in [-0.2, -0.15) is 0 Å². The van der Waals surface area contributed by atoms with Crippen LogP contribution in [-0.4, -0.2) is 0 Å². The molecule has 0 spiro atoms. The minimum atomic E-state index is -0.643. The summed E-state index contributed by atoms with van der Waals surface area (Å²) in [4.78, 5) is 0. The maximum atomic E-state index is 2.45. The summed E-state index contributed by atoms with van der Waals surface area (Å²) < 4.78 is 0. The second-order valence-electron chi connectivity index (χ2n) is 34.0. The Morgan fingerprint density at radius 1 is 0.189 bits per heavy atom. The molecule has 0 saturated carbocycles. The summed E-state index contributed by atoms with van der Waals surface area (Å²) in [5.41, 5.74) is 32.1. The number of hydrogen-bond donors (Lipinski definition) is 0. The zero-order chi connectivity index (χ0) is 73.0. The molecule has 516 valence electrons. The lowest BCUT2D eigenvalue weighted by atomic mass is 9.59. The molecule has 0 aromatic heterocycles. The summed E-state index contributed by atoms with van der Waals surface area (Å²) in [5.74, 6) is 0. The molecule has 106 heavy (non-hydrogen) atoms. The fraction of sp³-hybridized carbons (Fsp3) is 0.170. The molecule has 0 saturated heterocycles. The Hall–Kier alpha value is -11.4. The molecule has 0 atom stereocenters. The molecule has 0 heterocycles. The van der Waals surface area contributed by atoms with E-state index in [-0.39, 0.29) is 21.7 Å². The van der Waals surface area contributed by atoms with Crippen molar-refractivity contribution < 1.29 is 0 Å². The third kappa shape index (κ3) is 12.0. The predicted molar refractivity (Wildman–Crippen MR) is 456 cm³/mol. The molecule has 0 unspecified atom stereocenters. The molecule has 0 N–H and O–H groups in total. The summed E-state index contributed by atoms with van der Waals surface area (Å²) in [6.07, 6.45) is 0.869. The standard InChI is InChI=1S/C106H92/c1-102(2,3)82-49-37-68(38-50-82)76-62-77(69-39-51-83(52-40-69)103(4,5)6)65-80(64-76)100-92-31-19-15-27-88(92)98(89-28-16-20-32-93(89)100)72-45-57-86(58-46-72)106(96-35-23-13-25-74(96)61-75-26-14-24-36-97(75)106)87-59-47-73(48-60-87)99-90-29-17-21-33-94(90)101(95-34-22-18-30-91(95)99)81-66-78(70-41-53-84(54-42-70)104(7,8)9)63-79(67-81)71-43-55-85(56-44-71)105(10,11)12/h13-60,62-67H,61H2,1-12H3. The van der Waals surface area contributed by atoms with Gasteiger partial charge in [0.1, 0.15) is 0 Å². The van der Waals surface area contributed by atoms with E-state index in [4.69, 9.17) is 0 Å². The average molecular weight is 1370 g/mol. The van der Waals surface area contributed by atoms with E-state index < -0.39 is 5.41 Å². The highest BCUT2D eigenvalue weighted by molar-refractivity contribution is 6.23. The molecule has 1 aliphatic carbocycles. The fourth-order valence-corrected chi connectivity index (χ4v) is 17.4. The predicted octanol–water partition coefficient (Wildman–Crippen LogP) is 29.1. The second-order valence-corrected chi connectivity index (χ2v) is 34.0. The van der Waals surface area contributed by atoms with Crippen LogP contribution in [0.1, 0.15) is 139 Å². The Bertz CT molecular complexity index is 5410. The first-order valence-corrected chi connectivity index (χ1v) is 38.1. The van der Waals surface area contributed by atoms with Crippen molar-refractivity contribution in [3.63, 3.8) is 0 Å². The van der Waals surface area contributed by atoms with Crippen LogP contribution < -0.4 is 0 Å². The minimum Gasteiger partial charge on any atom is -0.0620 e. The van der Waals surface area contributed by atoms with Crippen molar-refractivity contribution >= 4 is 43.1 Å². The maximum absolute atomic E-state index is 2.45. The molecule has 1 aliphatic rings. The van der Waals surface area contributed by atoms with E-state index in [2.05, 4.69) is 411 Å². The van der Waals surface area contributed by atoms with Crippen molar-refractivity contribution in [3.05, 3.63) is 383 Å². The monoisotopic (exact) mass is 1360 g/mol. The Morgan fingerprint density at radius 2 is 0.387 bits per heavy atom. The first-order chi connectivity index (χ1) is 51.1. The average Bonchev–Trinajstić information content (AvgIpc) is 0.752. The van der Waals surface area contributed by atoms with Gasteiger partial charge in [-0.15, -0.1) is 0 Å². The van der Waals surface area contributed by atoms with Crippen LogP contribution in [0.2, 0.25) is 0 Å². The topological polar surface area (TPSA) is 0 Å². The third-order valence-corrected chi connectivity index (χ3v) is 23.1. The maximum Gasteiger partial charge on any atom is 0.0707 e. The van der Waals surface area contributed by atoms with Gasteiger partial charge in [0.15, 0.2) is 0 Å². The highest BCUT2D eigenvalue weighted by Crippen LogP contribution is 2.54. The number of benzene rings is 16. The van der Waals surface area contributed by atoms with Crippen LogP contribution in [0, 0.1) is 0 Å². The van der Waals surface area contributed by atoms with Gasteiger partial charge in [0.25, 0.3) is 0 Å². The van der Waals surface area contributed by atoms with Gasteiger partial charge >= 0.3 is 0 Å². The molecular weight excluding hydrogens is 1270 g/mol. The van der Waals surface area contributed by atoms with Crippen LogP contribution in [0.15, 0.2) is 328 Å². The Kier molecular flexibility index (Phi) is 16.6. The molecular formula is C106H92. The first-order valence-electron chi connectivity index (χ1n) is 38.1. The van der Waals surface area contributed by atoms with Crippen molar-refractivity contribution in [1.82, 2.24) is 0 Å². The van der Waals surface area contributed by atoms with Crippen molar-refractivity contribution in [1.29, 1.82) is 0 Å². The lowest BCUT2D eigenvalue weighted by Crippen LogP contribution is -2.36. The van der Waals surface area contributed by atoms with Crippen LogP contribution in [0.4, 0.5) is 0 Å². The molecule has 0 heteroatoms. The highest BCUT2D eigenvalue weighted by Gasteiger charge is 2.44. The SMILES string of the molecule is CC(C)(C)c1ccc(-c2cc(-c3ccc(C(C)(C)C)cc3)cc(-c3c4ccccc4c(-c4ccc(C5(c6ccc(-c7c8ccccc8c(-c8cc(-c9ccc(C(C)(C)C)cc9)cc(-c9ccc(C(C)(C)C)cc9)c8)c8ccccc78)cc6)c6ccccc6Cc6ccccc65)cc4)c4ccccc34)c2)cc1. The van der Waals surface area contributed by atoms with Gasteiger partial charge in [0, 0.05) is 0 Å². The lowest BCUT2D eigenvalue weighted by Gasteiger charge is -2.42. The Labute approximate surface area is 627 Å². The Balaban J connectivity index is 0.809. The number of fused-ring (bicyclic) bond motifs is 6. The van der Waals surface area contributed by atoms with E-state index in [9.17, 15) is 0 Å². The largest absolute Gasteiger partial charge is 0.0707 e. The molecule has 16 aromatic rings. The van der Waals surface area contributed by atoms with Gasteiger partial charge < -0.3 is 0 Å². The third-order valence-electron chi connectivity index (χ3n) is 23.1. The van der Waals surface area contributed by atoms with Gasteiger partial charge in [-0.3, -0.25) is 0 Å². The van der Waals surface area contributed by atoms with Crippen LogP contribution in [0.3, 0.4) is 0 Å². The molecule has 0 fully saturated rings. The van der Waals surface area contributed by atoms with E-state index >= 15 is 0 Å². The van der Waals surface area contributed by atoms with E-state index in [0.29, 0.717) is 0 Å². The minimum absolute atomic E-state index is 0.0494. The normalized spacial score (nSPS) is 13.1. The highest BCUT2D eigenvalue weighted by atomic mass is 14.5. The van der Waals surface area contributed by atoms with Crippen molar-refractivity contribution in [3.8, 4) is 89.0 Å². The second kappa shape index (κ2) is 26.0. The summed E-state index contributed by atoms with van der Waals surface area (Å²) in [7, 11) is 0. The van der Waals surface area contributed by atoms with E-state index in [1.54, 1.807) is 0 Å². The molecule has 0 bridgehead atoms. The molecule has 0 nitrogen and oxygen atoms in total. The van der Waals surface area contributed by atoms with Crippen molar-refractivity contribution in [2.45, 2.75) is 117 Å². The van der Waals surface area contributed by atoms with E-state index in [1.807, 2.05) is 0 Å². The Morgan fingerprint density at radius 3 is 0.623 bits per heavy atom. The summed E-state index contributed by atoms with van der Waals surface area (Å²) >= 11 is 0. The van der Waals surface area contributed by atoms with Crippen molar-refractivity contribution in [2.24, 2.45) is 0 Å². The summed E-state index contributed by atoms with van der Waals surface area (Å²) in [6, 6.07) is 126. The zero-order valence-corrected chi connectivity index (χ0v) is 63.4. The molecule has 17 rings (SSSR count). The number of hydrogen-bond acceptors (Lipinski definition) is 0. The fourth-order valence-electron chi connectivity index (χ4n) is 17.4. The molecule has 16 aromatic carbocycles. The summed E-state index contributed by atoms with van der Waals surface area (Å²) in [5, 5.41) is 9.85. The summed E-state index contributed by atoms with van der Waals surface area (Å²) in [6.45, 7) is 27.5.